The fourth-order valence-corrected chi connectivity index (χ4v) is 2.14. The summed E-state index contributed by atoms with van der Waals surface area (Å²) in [6.07, 6.45) is 3.47. The van der Waals surface area contributed by atoms with E-state index in [0.29, 0.717) is 23.0 Å². The molecule has 17 heavy (non-hydrogen) atoms. The highest BCUT2D eigenvalue weighted by atomic mass is 35.5. The maximum Gasteiger partial charge on any atom is 0.252 e. The number of amides is 1. The molecule has 1 amide bonds. The summed E-state index contributed by atoms with van der Waals surface area (Å²) in [5, 5.41) is 3.14. The van der Waals surface area contributed by atoms with E-state index >= 15 is 0 Å². The van der Waals surface area contributed by atoms with Gasteiger partial charge in [-0.05, 0) is 24.0 Å². The van der Waals surface area contributed by atoms with Crippen molar-refractivity contribution in [2.75, 3.05) is 24.3 Å². The summed E-state index contributed by atoms with van der Waals surface area (Å²) in [5.41, 5.74) is 5.90. The molecule has 0 aromatic carbocycles. The predicted molar refractivity (Wildman–Crippen MR) is 73.5 cm³/mol. The van der Waals surface area contributed by atoms with Gasteiger partial charge in [-0.3, -0.25) is 4.79 Å². The third-order valence-electron chi connectivity index (χ3n) is 2.19. The number of hydrogen-bond acceptors (Lipinski definition) is 4. The molecule has 1 rings (SSSR count). The van der Waals surface area contributed by atoms with Crippen molar-refractivity contribution >= 4 is 35.1 Å². The zero-order chi connectivity index (χ0) is 12.8. The highest BCUT2D eigenvalue weighted by molar-refractivity contribution is 7.98. The lowest BCUT2D eigenvalue weighted by atomic mass is 10.2. The minimum atomic E-state index is -0.174. The van der Waals surface area contributed by atoms with Gasteiger partial charge in [0.2, 0.25) is 0 Å². The van der Waals surface area contributed by atoms with Gasteiger partial charge in [-0.1, -0.05) is 18.5 Å². The summed E-state index contributed by atoms with van der Waals surface area (Å²) in [4.78, 5) is 15.6. The molecular formula is C11H16ClN3OS. The molecule has 94 valence electrons. The molecule has 0 spiro atoms. The smallest absolute Gasteiger partial charge is 0.252 e. The first kappa shape index (κ1) is 14.1. The monoisotopic (exact) mass is 273 g/mol. The Morgan fingerprint density at radius 2 is 2.41 bits per heavy atom. The van der Waals surface area contributed by atoms with Gasteiger partial charge in [0, 0.05) is 12.7 Å². The number of nitrogens with one attached hydrogen (secondary N) is 1. The predicted octanol–water partition coefficient (Wildman–Crippen LogP) is 2.05. The lowest BCUT2D eigenvalue weighted by Gasteiger charge is -2.11. The summed E-state index contributed by atoms with van der Waals surface area (Å²) < 4.78 is 0. The van der Waals surface area contributed by atoms with Crippen LogP contribution in [0.5, 0.6) is 0 Å². The van der Waals surface area contributed by atoms with Crippen LogP contribution in [0.4, 0.5) is 5.82 Å². The van der Waals surface area contributed by atoms with E-state index in [0.717, 1.165) is 5.75 Å². The molecule has 1 aromatic heterocycles. The second-order valence-corrected chi connectivity index (χ2v) is 5.18. The quantitative estimate of drug-likeness (QED) is 0.862. The van der Waals surface area contributed by atoms with Crippen LogP contribution in [0.25, 0.3) is 0 Å². The molecule has 0 aliphatic rings. The molecule has 4 nitrogen and oxygen atoms in total. The molecule has 6 heteroatoms. The van der Waals surface area contributed by atoms with Crippen molar-refractivity contribution in [2.45, 2.75) is 6.92 Å². The average Bonchev–Trinajstić information content (AvgIpc) is 2.30. The van der Waals surface area contributed by atoms with E-state index in [9.17, 15) is 4.79 Å². The topological polar surface area (TPSA) is 68.0 Å². The first-order valence-corrected chi connectivity index (χ1v) is 7.00. The first-order valence-electron chi connectivity index (χ1n) is 5.22. The van der Waals surface area contributed by atoms with Crippen molar-refractivity contribution < 1.29 is 4.79 Å². The van der Waals surface area contributed by atoms with E-state index in [4.69, 9.17) is 17.3 Å². The second kappa shape index (κ2) is 6.71. The molecule has 0 aliphatic heterocycles. The number of nitrogen functional groups attached to an aromatic ring is 1. The van der Waals surface area contributed by atoms with Gasteiger partial charge in [0.25, 0.3) is 5.91 Å². The molecule has 3 N–H and O–H groups in total. The molecule has 0 saturated carbocycles. The summed E-state index contributed by atoms with van der Waals surface area (Å²) >= 11 is 7.56. The van der Waals surface area contributed by atoms with E-state index in [2.05, 4.69) is 17.2 Å². The fourth-order valence-electron chi connectivity index (χ4n) is 1.29. The molecule has 0 fully saturated rings. The number of halogens is 1. The van der Waals surface area contributed by atoms with Gasteiger partial charge in [0.15, 0.2) is 0 Å². The molecule has 0 bridgehead atoms. The molecule has 0 radical (unpaired) electrons. The molecule has 1 aromatic rings. The number of carbonyl (C=O) groups excluding carboxylic acids is 1. The number of nitrogens with two attached hydrogens (primary N) is 1. The van der Waals surface area contributed by atoms with Crippen molar-refractivity contribution in [3.05, 3.63) is 22.8 Å². The van der Waals surface area contributed by atoms with Crippen LogP contribution in [0, 0.1) is 5.92 Å². The Bertz CT molecular complexity index is 400. The second-order valence-electron chi connectivity index (χ2n) is 3.86. The lowest BCUT2D eigenvalue weighted by Crippen LogP contribution is -2.29. The van der Waals surface area contributed by atoms with Crippen LogP contribution in [0.2, 0.25) is 5.02 Å². The van der Waals surface area contributed by atoms with Crippen LogP contribution in [0.3, 0.4) is 0 Å². The Hall–Kier alpha value is -0.940. The van der Waals surface area contributed by atoms with Crippen molar-refractivity contribution in [1.82, 2.24) is 10.3 Å². The minimum absolute atomic E-state index is 0.174. The third kappa shape index (κ3) is 4.44. The van der Waals surface area contributed by atoms with Crippen LogP contribution in [0.15, 0.2) is 12.3 Å². The third-order valence-corrected chi connectivity index (χ3v) is 3.40. The van der Waals surface area contributed by atoms with Crippen molar-refractivity contribution in [1.29, 1.82) is 0 Å². The van der Waals surface area contributed by atoms with E-state index in [1.165, 1.54) is 12.3 Å². The Labute approximate surface area is 110 Å². The van der Waals surface area contributed by atoms with Crippen LogP contribution in [0.1, 0.15) is 17.3 Å². The molecule has 1 unspecified atom stereocenters. The van der Waals surface area contributed by atoms with Gasteiger partial charge in [-0.2, -0.15) is 11.8 Å². The van der Waals surface area contributed by atoms with Crippen LogP contribution in [-0.4, -0.2) is 29.4 Å². The molecule has 1 atom stereocenters. The van der Waals surface area contributed by atoms with E-state index in [-0.39, 0.29) is 11.7 Å². The van der Waals surface area contributed by atoms with E-state index < -0.39 is 0 Å². The van der Waals surface area contributed by atoms with Crippen LogP contribution < -0.4 is 11.1 Å². The SMILES string of the molecule is CSCC(C)CNC(=O)c1cnc(N)c(Cl)c1. The van der Waals surface area contributed by atoms with Gasteiger partial charge in [-0.15, -0.1) is 0 Å². The van der Waals surface area contributed by atoms with Crippen molar-refractivity contribution in [3.8, 4) is 0 Å². The Kier molecular flexibility index (Phi) is 5.58. The maximum atomic E-state index is 11.8. The number of rotatable bonds is 5. The van der Waals surface area contributed by atoms with Crippen molar-refractivity contribution in [3.63, 3.8) is 0 Å². The number of aromatic nitrogens is 1. The Balaban J connectivity index is 2.55. The summed E-state index contributed by atoms with van der Waals surface area (Å²) in [7, 11) is 0. The molecule has 0 saturated heterocycles. The largest absolute Gasteiger partial charge is 0.382 e. The number of hydrogen-bond donors (Lipinski definition) is 2. The maximum absolute atomic E-state index is 11.8. The average molecular weight is 274 g/mol. The van der Waals surface area contributed by atoms with Crippen molar-refractivity contribution in [2.24, 2.45) is 5.92 Å². The van der Waals surface area contributed by atoms with E-state index in [1.807, 2.05) is 6.26 Å². The molecule has 0 aliphatic carbocycles. The highest BCUT2D eigenvalue weighted by Crippen LogP contribution is 2.16. The number of pyridine rings is 1. The van der Waals surface area contributed by atoms with Gasteiger partial charge in [-0.25, -0.2) is 4.98 Å². The van der Waals surface area contributed by atoms with Gasteiger partial charge >= 0.3 is 0 Å². The number of carbonyl (C=O) groups is 1. The van der Waals surface area contributed by atoms with Gasteiger partial charge in [0.1, 0.15) is 5.82 Å². The van der Waals surface area contributed by atoms with Gasteiger partial charge < -0.3 is 11.1 Å². The van der Waals surface area contributed by atoms with Crippen LogP contribution in [-0.2, 0) is 0 Å². The molecule has 1 heterocycles. The zero-order valence-electron chi connectivity index (χ0n) is 9.87. The number of anilines is 1. The van der Waals surface area contributed by atoms with Gasteiger partial charge in [0.05, 0.1) is 10.6 Å². The fraction of sp³-hybridized carbons (Fsp3) is 0.455. The number of nitrogens with zero attached hydrogens (tertiary/aromatic N) is 1. The summed E-state index contributed by atoms with van der Waals surface area (Å²) in [5.74, 6) is 1.51. The lowest BCUT2D eigenvalue weighted by molar-refractivity contribution is 0.0949. The Morgan fingerprint density at radius 1 is 1.71 bits per heavy atom. The first-order chi connectivity index (χ1) is 8.04. The Morgan fingerprint density at radius 3 is 3.00 bits per heavy atom. The zero-order valence-corrected chi connectivity index (χ0v) is 11.4. The summed E-state index contributed by atoms with van der Waals surface area (Å²) in [6.45, 7) is 2.73. The molecular weight excluding hydrogens is 258 g/mol. The van der Waals surface area contributed by atoms with Crippen LogP contribution >= 0.6 is 23.4 Å². The minimum Gasteiger partial charge on any atom is -0.382 e. The summed E-state index contributed by atoms with van der Waals surface area (Å²) in [6, 6.07) is 1.53. The van der Waals surface area contributed by atoms with E-state index in [1.54, 1.807) is 11.8 Å². The standard InChI is InChI=1S/C11H16ClN3OS/c1-7(6-17-2)4-15-11(16)8-3-9(12)10(13)14-5-8/h3,5,7H,4,6H2,1-2H3,(H2,13,14)(H,15,16). The highest BCUT2D eigenvalue weighted by Gasteiger charge is 2.09. The number of thioether (sulfide) groups is 1. The normalized spacial score (nSPS) is 12.2.